The average molecular weight is 422 g/mol. The van der Waals surface area contributed by atoms with Crippen molar-refractivity contribution in [1.29, 1.82) is 0 Å². The molecule has 166 valence electrons. The number of carbonyl (C=O) groups is 3. The molecule has 3 atom stereocenters. The number of nitrogens with zero attached hydrogens (tertiary/aromatic N) is 1. The van der Waals surface area contributed by atoms with E-state index in [1.807, 2.05) is 0 Å². The Bertz CT molecular complexity index is 761. The zero-order chi connectivity index (χ0) is 22.8. The predicted molar refractivity (Wildman–Crippen MR) is 111 cm³/mol. The molecule has 30 heavy (non-hydrogen) atoms. The molecule has 0 radical (unpaired) electrons. The SMILES string of the molecule is CC(C)C(NC(=O)C(N)CCN=C(N)N)C(=O)NC(Cc1ccc(O)cc1)C(=O)O. The van der Waals surface area contributed by atoms with Gasteiger partial charge in [-0.15, -0.1) is 0 Å². The van der Waals surface area contributed by atoms with Crippen molar-refractivity contribution in [2.75, 3.05) is 6.54 Å². The molecule has 0 aliphatic rings. The van der Waals surface area contributed by atoms with Gasteiger partial charge in [-0.1, -0.05) is 26.0 Å². The molecule has 0 fully saturated rings. The maximum atomic E-state index is 12.7. The highest BCUT2D eigenvalue weighted by atomic mass is 16.4. The molecule has 1 aromatic rings. The molecular weight excluding hydrogens is 392 g/mol. The number of guanidine groups is 1. The van der Waals surface area contributed by atoms with Crippen molar-refractivity contribution in [1.82, 2.24) is 10.6 Å². The number of benzene rings is 1. The number of amides is 2. The monoisotopic (exact) mass is 422 g/mol. The second-order valence-electron chi connectivity index (χ2n) is 7.20. The summed E-state index contributed by atoms with van der Waals surface area (Å²) in [7, 11) is 0. The van der Waals surface area contributed by atoms with Crippen molar-refractivity contribution in [2.45, 2.75) is 44.8 Å². The number of carbonyl (C=O) groups excluding carboxylic acids is 2. The van der Waals surface area contributed by atoms with Crippen molar-refractivity contribution >= 4 is 23.7 Å². The minimum atomic E-state index is -1.22. The van der Waals surface area contributed by atoms with Crippen LogP contribution in [0.1, 0.15) is 25.8 Å². The lowest BCUT2D eigenvalue weighted by Gasteiger charge is -2.25. The Morgan fingerprint density at radius 2 is 1.67 bits per heavy atom. The van der Waals surface area contributed by atoms with Gasteiger partial charge in [0.1, 0.15) is 17.8 Å². The zero-order valence-corrected chi connectivity index (χ0v) is 17.0. The second kappa shape index (κ2) is 11.6. The molecular formula is C19H30N6O5. The molecule has 0 saturated heterocycles. The fourth-order valence-electron chi connectivity index (χ4n) is 2.59. The number of nitrogens with one attached hydrogen (secondary N) is 2. The van der Waals surface area contributed by atoms with Gasteiger partial charge in [0.05, 0.1) is 6.04 Å². The maximum Gasteiger partial charge on any atom is 0.326 e. The van der Waals surface area contributed by atoms with E-state index >= 15 is 0 Å². The van der Waals surface area contributed by atoms with Gasteiger partial charge in [0.2, 0.25) is 11.8 Å². The van der Waals surface area contributed by atoms with Crippen LogP contribution in [0.4, 0.5) is 0 Å². The van der Waals surface area contributed by atoms with Crippen molar-refractivity contribution < 1.29 is 24.6 Å². The standard InChI is InChI=1S/C19H30N6O5/c1-10(2)15(25-16(27)13(20)7-8-23-19(21)22)17(28)24-14(18(29)30)9-11-3-5-12(26)6-4-11/h3-6,10,13-15,26H,7-9,20H2,1-2H3,(H,24,28)(H,25,27)(H,29,30)(H4,21,22,23). The highest BCUT2D eigenvalue weighted by Crippen LogP contribution is 2.12. The number of carboxylic acid groups (broad SMARTS) is 1. The third-order valence-corrected chi connectivity index (χ3v) is 4.31. The molecule has 0 aliphatic carbocycles. The zero-order valence-electron chi connectivity index (χ0n) is 17.0. The molecule has 0 aliphatic heterocycles. The lowest BCUT2D eigenvalue weighted by Crippen LogP contribution is -2.56. The molecule has 11 nitrogen and oxygen atoms in total. The van der Waals surface area contributed by atoms with Crippen molar-refractivity contribution in [3.05, 3.63) is 29.8 Å². The van der Waals surface area contributed by atoms with Crippen LogP contribution in [0.5, 0.6) is 5.75 Å². The summed E-state index contributed by atoms with van der Waals surface area (Å²) in [6, 6.07) is 2.86. The number of phenolic OH excluding ortho intramolecular Hbond substituents is 1. The largest absolute Gasteiger partial charge is 0.508 e. The average Bonchev–Trinajstić information content (AvgIpc) is 2.66. The third-order valence-electron chi connectivity index (χ3n) is 4.31. The minimum absolute atomic E-state index is 0.0120. The first-order valence-electron chi connectivity index (χ1n) is 9.43. The number of hydrogen-bond acceptors (Lipinski definition) is 6. The van der Waals surface area contributed by atoms with E-state index in [1.165, 1.54) is 12.1 Å². The predicted octanol–water partition coefficient (Wildman–Crippen LogP) is -1.36. The topological polar surface area (TPSA) is 206 Å². The third kappa shape index (κ3) is 8.35. The molecule has 1 rings (SSSR count). The molecule has 11 heteroatoms. The number of aromatic hydroxyl groups is 1. The molecule has 0 bridgehead atoms. The summed E-state index contributed by atoms with van der Waals surface area (Å²) in [6.07, 6.45) is 0.187. The fraction of sp³-hybridized carbons (Fsp3) is 0.474. The highest BCUT2D eigenvalue weighted by molar-refractivity contribution is 5.92. The van der Waals surface area contributed by atoms with Crippen LogP contribution in [0.25, 0.3) is 0 Å². The van der Waals surface area contributed by atoms with E-state index < -0.39 is 35.9 Å². The normalized spacial score (nSPS) is 13.7. The van der Waals surface area contributed by atoms with E-state index in [0.29, 0.717) is 5.56 Å². The Kier molecular flexibility index (Phi) is 9.56. The van der Waals surface area contributed by atoms with Gasteiger partial charge in [-0.25, -0.2) is 4.79 Å². The number of rotatable bonds is 11. The van der Waals surface area contributed by atoms with Gasteiger partial charge in [-0.3, -0.25) is 14.6 Å². The van der Waals surface area contributed by atoms with Crippen LogP contribution in [0.3, 0.4) is 0 Å². The van der Waals surface area contributed by atoms with Gasteiger partial charge in [-0.05, 0) is 30.0 Å². The highest BCUT2D eigenvalue weighted by Gasteiger charge is 2.30. The lowest BCUT2D eigenvalue weighted by molar-refractivity contribution is -0.142. The van der Waals surface area contributed by atoms with Gasteiger partial charge in [0.25, 0.3) is 0 Å². The van der Waals surface area contributed by atoms with Gasteiger partial charge >= 0.3 is 5.97 Å². The number of aliphatic imine (C=N–C) groups is 1. The summed E-state index contributed by atoms with van der Waals surface area (Å²) in [6.45, 7) is 3.58. The Morgan fingerprint density at radius 1 is 1.07 bits per heavy atom. The van der Waals surface area contributed by atoms with Gasteiger partial charge in [0, 0.05) is 13.0 Å². The summed E-state index contributed by atoms with van der Waals surface area (Å²) in [5, 5.41) is 23.8. The van der Waals surface area contributed by atoms with Gasteiger partial charge in [0.15, 0.2) is 5.96 Å². The summed E-state index contributed by atoms with van der Waals surface area (Å²) in [5.41, 5.74) is 16.9. The Hall–Kier alpha value is -3.34. The van der Waals surface area contributed by atoms with Crippen LogP contribution in [0.2, 0.25) is 0 Å². The smallest absolute Gasteiger partial charge is 0.326 e. The number of phenols is 1. The molecule has 2 amide bonds. The summed E-state index contributed by atoms with van der Waals surface area (Å²) < 4.78 is 0. The van der Waals surface area contributed by atoms with Crippen LogP contribution in [0, 0.1) is 5.92 Å². The van der Waals surface area contributed by atoms with E-state index in [1.54, 1.807) is 26.0 Å². The van der Waals surface area contributed by atoms with Gasteiger partial charge < -0.3 is 38.0 Å². The van der Waals surface area contributed by atoms with Gasteiger partial charge in [-0.2, -0.15) is 0 Å². The Balaban J connectivity index is 2.78. The molecule has 3 unspecified atom stereocenters. The second-order valence-corrected chi connectivity index (χ2v) is 7.20. The van der Waals surface area contributed by atoms with Crippen LogP contribution >= 0.6 is 0 Å². The van der Waals surface area contributed by atoms with Crippen LogP contribution in [-0.2, 0) is 20.8 Å². The number of aliphatic carboxylic acids is 1. The van der Waals surface area contributed by atoms with E-state index in [0.717, 1.165) is 0 Å². The van der Waals surface area contributed by atoms with E-state index in [4.69, 9.17) is 17.2 Å². The lowest BCUT2D eigenvalue weighted by atomic mass is 10.0. The van der Waals surface area contributed by atoms with E-state index in [2.05, 4.69) is 15.6 Å². The van der Waals surface area contributed by atoms with Crippen molar-refractivity contribution in [3.8, 4) is 5.75 Å². The molecule has 0 saturated carbocycles. The van der Waals surface area contributed by atoms with Crippen molar-refractivity contribution in [3.63, 3.8) is 0 Å². The first-order chi connectivity index (χ1) is 14.0. The maximum absolute atomic E-state index is 12.7. The molecule has 1 aromatic carbocycles. The molecule has 0 spiro atoms. The number of hydrogen-bond donors (Lipinski definition) is 7. The molecule has 0 aromatic heterocycles. The van der Waals surface area contributed by atoms with Crippen LogP contribution in [0.15, 0.2) is 29.3 Å². The first-order valence-corrected chi connectivity index (χ1v) is 9.43. The summed E-state index contributed by atoms with van der Waals surface area (Å²) >= 11 is 0. The quantitative estimate of drug-likeness (QED) is 0.167. The van der Waals surface area contributed by atoms with Crippen molar-refractivity contribution in [2.24, 2.45) is 28.1 Å². The minimum Gasteiger partial charge on any atom is -0.508 e. The Labute approximate surface area is 174 Å². The number of nitrogens with two attached hydrogens (primary N) is 3. The summed E-state index contributed by atoms with van der Waals surface area (Å²) in [4.78, 5) is 40.3. The first kappa shape index (κ1) is 24.7. The van der Waals surface area contributed by atoms with Crippen LogP contribution < -0.4 is 27.8 Å². The van der Waals surface area contributed by atoms with Crippen LogP contribution in [-0.4, -0.2) is 58.6 Å². The van der Waals surface area contributed by atoms with E-state index in [-0.39, 0.29) is 37.0 Å². The Morgan fingerprint density at radius 3 is 2.17 bits per heavy atom. The number of carboxylic acids is 1. The fourth-order valence-corrected chi connectivity index (χ4v) is 2.59. The molecule has 0 heterocycles. The van der Waals surface area contributed by atoms with E-state index in [9.17, 15) is 24.6 Å². The molecule has 10 N–H and O–H groups in total. The summed E-state index contributed by atoms with van der Waals surface area (Å²) in [5.74, 6) is -2.81.